The van der Waals surface area contributed by atoms with Crippen molar-refractivity contribution in [2.24, 2.45) is 21.5 Å². The first-order chi connectivity index (χ1) is 12.2. The molecule has 1 unspecified atom stereocenters. The SMILES string of the molecule is CCCCCC1N=C(N)N=C(N)N1OCc1cccc2ccccc12. The number of nitrogens with zero attached hydrogens (tertiary/aromatic N) is 3. The molecule has 6 nitrogen and oxygen atoms in total. The quantitative estimate of drug-likeness (QED) is 0.759. The number of hydrogen-bond acceptors (Lipinski definition) is 6. The van der Waals surface area contributed by atoms with Crippen molar-refractivity contribution in [2.45, 2.75) is 45.4 Å². The van der Waals surface area contributed by atoms with Crippen LogP contribution in [0.3, 0.4) is 0 Å². The number of nitrogens with two attached hydrogens (primary N) is 2. The summed E-state index contributed by atoms with van der Waals surface area (Å²) in [5.74, 6) is 0.471. The van der Waals surface area contributed by atoms with Crippen molar-refractivity contribution < 1.29 is 4.84 Å². The van der Waals surface area contributed by atoms with Gasteiger partial charge in [0.25, 0.3) is 0 Å². The van der Waals surface area contributed by atoms with Gasteiger partial charge in [-0.05, 0) is 29.2 Å². The van der Waals surface area contributed by atoms with Gasteiger partial charge in [-0.2, -0.15) is 10.1 Å². The zero-order valence-electron chi connectivity index (χ0n) is 14.6. The van der Waals surface area contributed by atoms with Gasteiger partial charge in [-0.25, -0.2) is 4.99 Å². The van der Waals surface area contributed by atoms with Crippen LogP contribution in [0.2, 0.25) is 0 Å². The lowest BCUT2D eigenvalue weighted by Gasteiger charge is -2.31. The summed E-state index contributed by atoms with van der Waals surface area (Å²) < 4.78 is 0. The Hall–Kier alpha value is -2.60. The number of unbranched alkanes of at least 4 members (excludes halogenated alkanes) is 2. The second-order valence-electron chi connectivity index (χ2n) is 6.17. The second kappa shape index (κ2) is 7.98. The summed E-state index contributed by atoms with van der Waals surface area (Å²) in [5, 5.41) is 3.95. The zero-order valence-corrected chi connectivity index (χ0v) is 14.6. The highest BCUT2D eigenvalue weighted by atomic mass is 16.7. The third-order valence-corrected chi connectivity index (χ3v) is 4.31. The van der Waals surface area contributed by atoms with Crippen LogP contribution in [0.4, 0.5) is 0 Å². The fraction of sp³-hybridized carbons (Fsp3) is 0.368. The average molecular weight is 339 g/mol. The largest absolute Gasteiger partial charge is 0.368 e. The standard InChI is InChI=1S/C19H25N5O/c1-2-3-4-12-17-22-18(20)23-19(21)24(17)25-13-15-10-7-9-14-8-5-6-11-16(14)15/h5-11,17H,2-4,12-13H2,1H3,(H4,20,21,22,23). The molecule has 0 bridgehead atoms. The Labute approximate surface area is 148 Å². The molecule has 132 valence electrons. The van der Waals surface area contributed by atoms with Gasteiger partial charge in [0.2, 0.25) is 11.9 Å². The van der Waals surface area contributed by atoms with E-state index >= 15 is 0 Å². The normalized spacial score (nSPS) is 17.5. The van der Waals surface area contributed by atoms with Gasteiger partial charge < -0.3 is 11.5 Å². The molecule has 0 spiro atoms. The number of guanidine groups is 2. The number of benzene rings is 2. The molecule has 1 aliphatic heterocycles. The van der Waals surface area contributed by atoms with Crippen LogP contribution in [-0.4, -0.2) is 23.1 Å². The van der Waals surface area contributed by atoms with E-state index in [0.717, 1.165) is 31.2 Å². The maximum absolute atomic E-state index is 6.03. The predicted molar refractivity (Wildman–Crippen MR) is 102 cm³/mol. The van der Waals surface area contributed by atoms with Crippen LogP contribution in [0, 0.1) is 0 Å². The number of rotatable bonds is 7. The van der Waals surface area contributed by atoms with Crippen molar-refractivity contribution in [1.29, 1.82) is 0 Å². The maximum Gasteiger partial charge on any atom is 0.225 e. The lowest BCUT2D eigenvalue weighted by atomic mass is 10.1. The molecule has 0 saturated carbocycles. The van der Waals surface area contributed by atoms with E-state index in [2.05, 4.69) is 41.2 Å². The molecule has 0 aromatic heterocycles. The van der Waals surface area contributed by atoms with E-state index in [4.69, 9.17) is 16.3 Å². The Morgan fingerprint density at radius 2 is 1.88 bits per heavy atom. The van der Waals surface area contributed by atoms with E-state index in [1.54, 1.807) is 5.06 Å². The molecule has 3 rings (SSSR count). The van der Waals surface area contributed by atoms with Crippen molar-refractivity contribution in [3.8, 4) is 0 Å². The second-order valence-corrected chi connectivity index (χ2v) is 6.17. The molecule has 1 aliphatic rings. The van der Waals surface area contributed by atoms with Crippen LogP contribution in [0.15, 0.2) is 52.4 Å². The molecule has 2 aromatic carbocycles. The molecule has 0 aliphatic carbocycles. The topological polar surface area (TPSA) is 89.2 Å². The molecule has 1 atom stereocenters. The Balaban J connectivity index is 1.74. The van der Waals surface area contributed by atoms with Gasteiger partial charge in [-0.1, -0.05) is 62.2 Å². The first kappa shape index (κ1) is 17.2. The molecule has 6 heteroatoms. The minimum Gasteiger partial charge on any atom is -0.368 e. The lowest BCUT2D eigenvalue weighted by Crippen LogP contribution is -2.48. The molecular formula is C19H25N5O. The average Bonchev–Trinajstić information content (AvgIpc) is 2.61. The minimum absolute atomic E-state index is 0.212. The summed E-state index contributed by atoms with van der Waals surface area (Å²) in [6.45, 7) is 2.57. The van der Waals surface area contributed by atoms with Gasteiger partial charge >= 0.3 is 0 Å². The van der Waals surface area contributed by atoms with E-state index in [0.29, 0.717) is 6.61 Å². The first-order valence-electron chi connectivity index (χ1n) is 8.75. The van der Waals surface area contributed by atoms with Crippen LogP contribution in [0.5, 0.6) is 0 Å². The van der Waals surface area contributed by atoms with Crippen molar-refractivity contribution >= 4 is 22.7 Å². The summed E-state index contributed by atoms with van der Waals surface area (Å²) in [4.78, 5) is 14.4. The third kappa shape index (κ3) is 4.09. The fourth-order valence-electron chi connectivity index (χ4n) is 3.02. The molecule has 25 heavy (non-hydrogen) atoms. The Bertz CT molecular complexity index is 781. The van der Waals surface area contributed by atoms with E-state index < -0.39 is 0 Å². The molecule has 0 saturated heterocycles. The number of fused-ring (bicyclic) bond motifs is 1. The number of hydrogen-bond donors (Lipinski definition) is 2. The van der Waals surface area contributed by atoms with Gasteiger partial charge in [0.1, 0.15) is 6.61 Å². The van der Waals surface area contributed by atoms with Crippen molar-refractivity contribution in [3.05, 3.63) is 48.0 Å². The van der Waals surface area contributed by atoms with Crippen LogP contribution >= 0.6 is 0 Å². The fourth-order valence-corrected chi connectivity index (χ4v) is 3.02. The van der Waals surface area contributed by atoms with Crippen molar-refractivity contribution in [3.63, 3.8) is 0 Å². The molecule has 4 N–H and O–H groups in total. The Morgan fingerprint density at radius 3 is 2.72 bits per heavy atom. The van der Waals surface area contributed by atoms with Crippen molar-refractivity contribution in [2.75, 3.05) is 0 Å². The third-order valence-electron chi connectivity index (χ3n) is 4.31. The van der Waals surface area contributed by atoms with E-state index in [-0.39, 0.29) is 18.1 Å². The predicted octanol–water partition coefficient (Wildman–Crippen LogP) is 3.12. The highest BCUT2D eigenvalue weighted by Crippen LogP contribution is 2.21. The molecule has 0 fully saturated rings. The Kier molecular flexibility index (Phi) is 5.50. The van der Waals surface area contributed by atoms with Gasteiger partial charge in [0.05, 0.1) is 0 Å². The smallest absolute Gasteiger partial charge is 0.225 e. The number of hydroxylamine groups is 2. The molecule has 0 radical (unpaired) electrons. The summed E-state index contributed by atoms with van der Waals surface area (Å²) in [7, 11) is 0. The minimum atomic E-state index is -0.223. The van der Waals surface area contributed by atoms with Gasteiger partial charge in [-0.15, -0.1) is 0 Å². The van der Waals surface area contributed by atoms with Crippen LogP contribution in [0.1, 0.15) is 38.2 Å². The van der Waals surface area contributed by atoms with E-state index in [9.17, 15) is 0 Å². The maximum atomic E-state index is 6.03. The molecule has 2 aromatic rings. The number of aliphatic imine (C=N–C) groups is 2. The molecule has 1 heterocycles. The Morgan fingerprint density at radius 1 is 1.08 bits per heavy atom. The van der Waals surface area contributed by atoms with Crippen LogP contribution in [-0.2, 0) is 11.4 Å². The van der Waals surface area contributed by atoms with Crippen molar-refractivity contribution in [1.82, 2.24) is 5.06 Å². The van der Waals surface area contributed by atoms with Gasteiger partial charge in [0.15, 0.2) is 6.17 Å². The summed E-state index contributed by atoms with van der Waals surface area (Å²) in [5.41, 5.74) is 12.9. The van der Waals surface area contributed by atoms with Gasteiger partial charge in [0, 0.05) is 0 Å². The highest BCUT2D eigenvalue weighted by Gasteiger charge is 2.25. The van der Waals surface area contributed by atoms with Gasteiger partial charge in [-0.3, -0.25) is 4.84 Å². The summed E-state index contributed by atoms with van der Waals surface area (Å²) in [6.07, 6.45) is 3.94. The molecule has 0 amide bonds. The summed E-state index contributed by atoms with van der Waals surface area (Å²) >= 11 is 0. The monoisotopic (exact) mass is 339 g/mol. The first-order valence-corrected chi connectivity index (χ1v) is 8.75. The van der Waals surface area contributed by atoms with Crippen LogP contribution in [0.25, 0.3) is 10.8 Å². The highest BCUT2D eigenvalue weighted by molar-refractivity contribution is 5.94. The zero-order chi connectivity index (χ0) is 17.6. The lowest BCUT2D eigenvalue weighted by molar-refractivity contribution is -0.140. The van der Waals surface area contributed by atoms with E-state index in [1.807, 2.05) is 18.2 Å². The van der Waals surface area contributed by atoms with Crippen LogP contribution < -0.4 is 11.5 Å². The molecular weight excluding hydrogens is 314 g/mol. The summed E-state index contributed by atoms with van der Waals surface area (Å²) in [6, 6.07) is 14.4. The van der Waals surface area contributed by atoms with E-state index in [1.165, 1.54) is 10.8 Å².